The van der Waals surface area contributed by atoms with Crippen molar-refractivity contribution in [3.8, 4) is 0 Å². The first kappa shape index (κ1) is 16.3. The van der Waals surface area contributed by atoms with Gasteiger partial charge in [0.25, 0.3) is 17.5 Å². The van der Waals surface area contributed by atoms with Crippen LogP contribution in [0.5, 0.6) is 0 Å². The highest BCUT2D eigenvalue weighted by molar-refractivity contribution is 6.22. The van der Waals surface area contributed by atoms with Crippen LogP contribution in [0.2, 0.25) is 0 Å². The minimum atomic E-state index is -1.45. The smallest absolute Gasteiger partial charge is 0.327 e. The molecular weight excluding hydrogens is 328 g/mol. The summed E-state index contributed by atoms with van der Waals surface area (Å²) in [6, 6.07) is 10.1. The minimum Gasteiger partial charge on any atom is -0.480 e. The summed E-state index contributed by atoms with van der Waals surface area (Å²) >= 11 is 0. The number of carboxylic acids is 1. The maximum absolute atomic E-state index is 12.5. The number of nitro benzene ring substituents is 1. The van der Waals surface area contributed by atoms with E-state index in [0.717, 1.165) is 0 Å². The fourth-order valence-corrected chi connectivity index (χ4v) is 2.80. The van der Waals surface area contributed by atoms with Crippen LogP contribution >= 0.6 is 0 Å². The van der Waals surface area contributed by atoms with E-state index in [-0.39, 0.29) is 23.2 Å². The summed E-state index contributed by atoms with van der Waals surface area (Å²) in [7, 11) is 0. The summed E-state index contributed by atoms with van der Waals surface area (Å²) in [5.74, 6) is -2.72. The number of carboxylic acid groups (broad SMARTS) is 1. The third-order valence-corrected chi connectivity index (χ3v) is 3.97. The number of carbonyl (C=O) groups excluding carboxylic acids is 2. The molecule has 1 aliphatic rings. The van der Waals surface area contributed by atoms with Gasteiger partial charge in [-0.2, -0.15) is 0 Å². The topological polar surface area (TPSA) is 118 Å². The Hall–Kier alpha value is -3.55. The van der Waals surface area contributed by atoms with Crippen molar-refractivity contribution in [1.29, 1.82) is 0 Å². The van der Waals surface area contributed by atoms with Crippen molar-refractivity contribution in [1.82, 2.24) is 4.90 Å². The fraction of sp³-hybridized carbons (Fsp3) is 0.118. The fourth-order valence-electron chi connectivity index (χ4n) is 2.80. The molecule has 2 aromatic rings. The molecule has 2 amide bonds. The van der Waals surface area contributed by atoms with E-state index in [2.05, 4.69) is 0 Å². The molecule has 0 saturated heterocycles. The Kier molecular flexibility index (Phi) is 4.02. The Morgan fingerprint density at radius 3 is 2.20 bits per heavy atom. The zero-order chi connectivity index (χ0) is 18.1. The van der Waals surface area contributed by atoms with Crippen LogP contribution in [0.3, 0.4) is 0 Å². The first-order valence-corrected chi connectivity index (χ1v) is 7.33. The first-order chi connectivity index (χ1) is 11.9. The number of amides is 2. The van der Waals surface area contributed by atoms with Crippen LogP contribution in [0.25, 0.3) is 0 Å². The van der Waals surface area contributed by atoms with Crippen molar-refractivity contribution in [3.63, 3.8) is 0 Å². The van der Waals surface area contributed by atoms with Crippen molar-refractivity contribution in [2.75, 3.05) is 0 Å². The molecule has 1 N–H and O–H groups in total. The maximum atomic E-state index is 12.5. The zero-order valence-electron chi connectivity index (χ0n) is 12.8. The molecule has 0 spiro atoms. The van der Waals surface area contributed by atoms with Crippen LogP contribution in [-0.2, 0) is 11.2 Å². The van der Waals surface area contributed by atoms with Crippen LogP contribution in [0, 0.1) is 10.1 Å². The quantitative estimate of drug-likeness (QED) is 0.504. The number of rotatable bonds is 5. The molecule has 0 fully saturated rings. The normalized spacial score (nSPS) is 14.3. The van der Waals surface area contributed by atoms with E-state index in [0.29, 0.717) is 10.5 Å². The molecule has 1 heterocycles. The predicted octanol–water partition coefficient (Wildman–Crippen LogP) is 1.89. The van der Waals surface area contributed by atoms with Crippen molar-refractivity contribution < 1.29 is 24.4 Å². The molecule has 0 aromatic heterocycles. The molecule has 3 rings (SSSR count). The van der Waals surface area contributed by atoms with Crippen molar-refractivity contribution in [2.45, 2.75) is 12.5 Å². The second-order valence-electron chi connectivity index (χ2n) is 5.51. The highest BCUT2D eigenvalue weighted by atomic mass is 16.6. The number of imide groups is 1. The van der Waals surface area contributed by atoms with Crippen LogP contribution in [0.15, 0.2) is 48.5 Å². The van der Waals surface area contributed by atoms with Crippen LogP contribution < -0.4 is 0 Å². The molecule has 126 valence electrons. The minimum absolute atomic E-state index is 0.151. The average Bonchev–Trinajstić information content (AvgIpc) is 2.84. The lowest BCUT2D eigenvalue weighted by Gasteiger charge is -2.22. The van der Waals surface area contributed by atoms with Crippen LogP contribution in [-0.4, -0.2) is 38.8 Å². The summed E-state index contributed by atoms with van der Waals surface area (Å²) in [5.41, 5.74) is 0.456. The zero-order valence-corrected chi connectivity index (χ0v) is 12.8. The number of fused-ring (bicyclic) bond motifs is 1. The van der Waals surface area contributed by atoms with E-state index < -0.39 is 28.7 Å². The number of nitrogens with zero attached hydrogens (tertiary/aromatic N) is 2. The number of hydrogen-bond donors (Lipinski definition) is 1. The summed E-state index contributed by atoms with van der Waals surface area (Å²) in [5, 5.41) is 20.4. The third kappa shape index (κ3) is 2.85. The second-order valence-corrected chi connectivity index (χ2v) is 5.51. The summed E-state index contributed by atoms with van der Waals surface area (Å²) in [6.07, 6.45) is -0.220. The number of benzene rings is 2. The van der Waals surface area contributed by atoms with Gasteiger partial charge in [-0.05, 0) is 17.7 Å². The van der Waals surface area contributed by atoms with Gasteiger partial charge < -0.3 is 5.11 Å². The molecule has 8 heteroatoms. The van der Waals surface area contributed by atoms with E-state index in [4.69, 9.17) is 0 Å². The number of carbonyl (C=O) groups is 3. The van der Waals surface area contributed by atoms with E-state index in [1.54, 1.807) is 12.1 Å². The highest BCUT2D eigenvalue weighted by Gasteiger charge is 2.42. The summed E-state index contributed by atoms with van der Waals surface area (Å²) in [4.78, 5) is 47.5. The lowest BCUT2D eigenvalue weighted by Crippen LogP contribution is -2.46. The number of aliphatic carboxylic acids is 1. The molecule has 0 bridgehead atoms. The van der Waals surface area contributed by atoms with Gasteiger partial charge in [0.2, 0.25) is 0 Å². The van der Waals surface area contributed by atoms with Gasteiger partial charge in [-0.3, -0.25) is 24.6 Å². The molecule has 1 atom stereocenters. The van der Waals surface area contributed by atoms with Gasteiger partial charge in [-0.15, -0.1) is 0 Å². The standard InChI is InChI=1S/C17H12N2O6/c20-15-12-6-1-2-7-13(12)16(21)18(15)14(17(22)23)9-10-4-3-5-11(8-10)19(24)25/h1-8,14H,9H2,(H,22,23)/t14-/m0/s1. The lowest BCUT2D eigenvalue weighted by atomic mass is 10.0. The van der Waals surface area contributed by atoms with E-state index in [9.17, 15) is 29.6 Å². The van der Waals surface area contributed by atoms with E-state index in [1.807, 2.05) is 0 Å². The number of hydrogen-bond acceptors (Lipinski definition) is 5. The van der Waals surface area contributed by atoms with Gasteiger partial charge in [-0.25, -0.2) is 4.79 Å². The number of non-ortho nitro benzene ring substituents is 1. The van der Waals surface area contributed by atoms with Crippen molar-refractivity contribution in [3.05, 3.63) is 75.3 Å². The average molecular weight is 340 g/mol. The van der Waals surface area contributed by atoms with Crippen molar-refractivity contribution in [2.24, 2.45) is 0 Å². The van der Waals surface area contributed by atoms with Gasteiger partial charge in [0.15, 0.2) is 0 Å². The molecule has 0 unspecified atom stereocenters. The lowest BCUT2D eigenvalue weighted by molar-refractivity contribution is -0.384. The Morgan fingerprint density at radius 2 is 1.68 bits per heavy atom. The second kappa shape index (κ2) is 6.16. The van der Waals surface area contributed by atoms with E-state index in [1.165, 1.54) is 36.4 Å². The maximum Gasteiger partial charge on any atom is 0.327 e. The molecule has 0 saturated carbocycles. The van der Waals surface area contributed by atoms with Crippen molar-refractivity contribution >= 4 is 23.5 Å². The molecule has 2 aromatic carbocycles. The monoisotopic (exact) mass is 340 g/mol. The van der Waals surface area contributed by atoms with Gasteiger partial charge in [-0.1, -0.05) is 24.3 Å². The number of nitro groups is 1. The van der Waals surface area contributed by atoms with Gasteiger partial charge in [0.05, 0.1) is 16.1 Å². The SMILES string of the molecule is O=C(O)[C@H](Cc1cccc([N+](=O)[O-])c1)N1C(=O)c2ccccc2C1=O. The third-order valence-electron chi connectivity index (χ3n) is 3.97. The van der Waals surface area contributed by atoms with E-state index >= 15 is 0 Å². The van der Waals surface area contributed by atoms with Gasteiger partial charge >= 0.3 is 5.97 Å². The molecule has 0 radical (unpaired) electrons. The van der Waals surface area contributed by atoms with Crippen LogP contribution in [0.1, 0.15) is 26.3 Å². The Bertz CT molecular complexity index is 873. The predicted molar refractivity (Wildman–Crippen MR) is 85.2 cm³/mol. The van der Waals surface area contributed by atoms with Gasteiger partial charge in [0, 0.05) is 18.6 Å². The van der Waals surface area contributed by atoms with Crippen LogP contribution in [0.4, 0.5) is 5.69 Å². The Labute approximate surface area is 141 Å². The van der Waals surface area contributed by atoms with Gasteiger partial charge in [0.1, 0.15) is 6.04 Å². The first-order valence-electron chi connectivity index (χ1n) is 7.33. The highest BCUT2D eigenvalue weighted by Crippen LogP contribution is 2.26. The Balaban J connectivity index is 1.94. The Morgan fingerprint density at radius 1 is 1.08 bits per heavy atom. The molecule has 8 nitrogen and oxygen atoms in total. The largest absolute Gasteiger partial charge is 0.480 e. The summed E-state index contributed by atoms with van der Waals surface area (Å²) in [6.45, 7) is 0. The molecular formula is C17H12N2O6. The summed E-state index contributed by atoms with van der Waals surface area (Å²) < 4.78 is 0. The molecule has 25 heavy (non-hydrogen) atoms. The molecule has 1 aliphatic heterocycles. The molecule has 0 aliphatic carbocycles.